The summed E-state index contributed by atoms with van der Waals surface area (Å²) in [6.45, 7) is 4.44. The first-order valence-electron chi connectivity index (χ1n) is 3.42. The molecule has 0 saturated heterocycles. The van der Waals surface area contributed by atoms with Crippen LogP contribution in [0.25, 0.3) is 0 Å². The number of allylic oxidation sites excluding steroid dienone is 1. The summed E-state index contributed by atoms with van der Waals surface area (Å²) < 4.78 is 1.76. The molecule has 3 nitrogen and oxygen atoms in total. The summed E-state index contributed by atoms with van der Waals surface area (Å²) in [5.74, 6) is 0.425. The fourth-order valence-corrected chi connectivity index (χ4v) is 0.855. The van der Waals surface area contributed by atoms with Gasteiger partial charge in [-0.05, 0) is 6.42 Å². The molecule has 1 heterocycles. The molecule has 0 atom stereocenters. The molecular formula is C7H10ClN3. The normalized spacial score (nSPS) is 9.91. The summed E-state index contributed by atoms with van der Waals surface area (Å²) in [4.78, 5) is 0. The third-order valence-electron chi connectivity index (χ3n) is 1.29. The molecule has 0 spiro atoms. The van der Waals surface area contributed by atoms with Gasteiger partial charge in [0, 0.05) is 12.7 Å². The second kappa shape index (κ2) is 4.13. The maximum atomic E-state index is 5.54. The first-order chi connectivity index (χ1) is 5.36. The number of aromatic nitrogens is 3. The summed E-state index contributed by atoms with van der Waals surface area (Å²) in [6, 6.07) is 0. The summed E-state index contributed by atoms with van der Waals surface area (Å²) >= 11 is 5.54. The van der Waals surface area contributed by atoms with E-state index in [0.29, 0.717) is 5.88 Å². The van der Waals surface area contributed by atoms with Crippen LogP contribution >= 0.6 is 11.6 Å². The molecule has 1 aromatic heterocycles. The molecule has 0 amide bonds. The Hall–Kier alpha value is -0.830. The number of nitrogens with zero attached hydrogens (tertiary/aromatic N) is 3. The van der Waals surface area contributed by atoms with Gasteiger partial charge in [0.2, 0.25) is 0 Å². The van der Waals surface area contributed by atoms with Gasteiger partial charge in [0.25, 0.3) is 0 Å². The summed E-state index contributed by atoms with van der Waals surface area (Å²) in [6.07, 6.45) is 4.60. The number of aryl methyl sites for hydroxylation is 1. The van der Waals surface area contributed by atoms with Gasteiger partial charge in [0.05, 0.1) is 11.6 Å². The van der Waals surface area contributed by atoms with Crippen LogP contribution < -0.4 is 0 Å². The highest BCUT2D eigenvalue weighted by molar-refractivity contribution is 6.16. The molecule has 1 rings (SSSR count). The number of alkyl halides is 1. The average molecular weight is 172 g/mol. The molecule has 0 unspecified atom stereocenters. The van der Waals surface area contributed by atoms with Crippen molar-refractivity contribution in [2.45, 2.75) is 18.8 Å². The molecule has 4 heteroatoms. The van der Waals surface area contributed by atoms with Crippen LogP contribution in [0.3, 0.4) is 0 Å². The minimum Gasteiger partial charge on any atom is -0.252 e. The van der Waals surface area contributed by atoms with Gasteiger partial charge in [-0.2, -0.15) is 0 Å². The largest absolute Gasteiger partial charge is 0.252 e. The van der Waals surface area contributed by atoms with Crippen LogP contribution in [0.2, 0.25) is 0 Å². The molecule has 0 N–H and O–H groups in total. The Balaban J connectivity index is 2.50. The second-order valence-electron chi connectivity index (χ2n) is 2.18. The number of hydrogen-bond acceptors (Lipinski definition) is 2. The Labute approximate surface area is 70.7 Å². The quantitative estimate of drug-likeness (QED) is 0.509. The van der Waals surface area contributed by atoms with E-state index in [1.54, 1.807) is 4.68 Å². The predicted octanol–water partition coefficient (Wildman–Crippen LogP) is 1.59. The third-order valence-corrected chi connectivity index (χ3v) is 1.56. The van der Waals surface area contributed by atoms with E-state index in [1.165, 1.54) is 0 Å². The lowest BCUT2D eigenvalue weighted by atomic mass is 10.4. The molecule has 1 aromatic rings. The zero-order chi connectivity index (χ0) is 8.10. The smallest absolute Gasteiger partial charge is 0.0974 e. The van der Waals surface area contributed by atoms with E-state index in [2.05, 4.69) is 16.9 Å². The molecule has 0 aliphatic rings. The second-order valence-corrected chi connectivity index (χ2v) is 2.45. The standard InChI is InChI=1S/C7H10ClN3/c1-2-3-4-11-6-7(5-8)9-10-11/h2,6H,1,3-5H2. The highest BCUT2D eigenvalue weighted by atomic mass is 35.5. The molecule has 0 saturated carbocycles. The number of hydrogen-bond donors (Lipinski definition) is 0. The van der Waals surface area contributed by atoms with Gasteiger partial charge in [0.1, 0.15) is 0 Å². The van der Waals surface area contributed by atoms with Crippen molar-refractivity contribution < 1.29 is 0 Å². The van der Waals surface area contributed by atoms with Crippen LogP contribution in [0.1, 0.15) is 12.1 Å². The van der Waals surface area contributed by atoms with Gasteiger partial charge in [0.15, 0.2) is 0 Å². The Morgan fingerprint density at radius 3 is 3.09 bits per heavy atom. The van der Waals surface area contributed by atoms with E-state index in [4.69, 9.17) is 11.6 Å². The summed E-state index contributed by atoms with van der Waals surface area (Å²) in [5.41, 5.74) is 0.815. The van der Waals surface area contributed by atoms with Crippen molar-refractivity contribution in [2.24, 2.45) is 0 Å². The SMILES string of the molecule is C=CCCn1cc(CCl)nn1. The lowest BCUT2D eigenvalue weighted by Gasteiger charge is -1.92. The van der Waals surface area contributed by atoms with E-state index < -0.39 is 0 Å². The molecule has 0 bridgehead atoms. The van der Waals surface area contributed by atoms with Gasteiger partial charge in [-0.3, -0.25) is 4.68 Å². The van der Waals surface area contributed by atoms with Gasteiger partial charge in [-0.15, -0.1) is 23.3 Å². The highest BCUT2D eigenvalue weighted by Crippen LogP contribution is 1.97. The summed E-state index contributed by atoms with van der Waals surface area (Å²) in [5, 5.41) is 7.69. The summed E-state index contributed by atoms with van der Waals surface area (Å²) in [7, 11) is 0. The molecule has 0 aliphatic heterocycles. The lowest BCUT2D eigenvalue weighted by molar-refractivity contribution is 0.597. The van der Waals surface area contributed by atoms with Gasteiger partial charge in [-0.1, -0.05) is 11.3 Å². The molecule has 60 valence electrons. The number of halogens is 1. The van der Waals surface area contributed by atoms with Crippen molar-refractivity contribution >= 4 is 11.6 Å². The van der Waals surface area contributed by atoms with Crippen LogP contribution in [-0.4, -0.2) is 15.0 Å². The Morgan fingerprint density at radius 1 is 1.73 bits per heavy atom. The maximum absolute atomic E-state index is 5.54. The van der Waals surface area contributed by atoms with Crippen molar-refractivity contribution in [2.75, 3.05) is 0 Å². The highest BCUT2D eigenvalue weighted by Gasteiger charge is 1.96. The first kappa shape index (κ1) is 8.27. The molecule has 0 aromatic carbocycles. The first-order valence-corrected chi connectivity index (χ1v) is 3.96. The fraction of sp³-hybridized carbons (Fsp3) is 0.429. The van der Waals surface area contributed by atoms with E-state index in [-0.39, 0.29) is 0 Å². The monoisotopic (exact) mass is 171 g/mol. The van der Waals surface area contributed by atoms with Crippen molar-refractivity contribution in [3.8, 4) is 0 Å². The molecular weight excluding hydrogens is 162 g/mol. The van der Waals surface area contributed by atoms with Crippen molar-refractivity contribution in [1.29, 1.82) is 0 Å². The van der Waals surface area contributed by atoms with Crippen LogP contribution in [0.4, 0.5) is 0 Å². The Morgan fingerprint density at radius 2 is 2.55 bits per heavy atom. The zero-order valence-electron chi connectivity index (χ0n) is 6.20. The lowest BCUT2D eigenvalue weighted by Crippen LogP contribution is -1.96. The number of rotatable bonds is 4. The van der Waals surface area contributed by atoms with Crippen molar-refractivity contribution in [1.82, 2.24) is 15.0 Å². The topological polar surface area (TPSA) is 30.7 Å². The minimum absolute atomic E-state index is 0.425. The Bertz CT molecular complexity index is 231. The molecule has 0 fully saturated rings. The van der Waals surface area contributed by atoms with Gasteiger partial charge >= 0.3 is 0 Å². The molecule has 0 radical (unpaired) electrons. The predicted molar refractivity (Wildman–Crippen MR) is 44.4 cm³/mol. The van der Waals surface area contributed by atoms with E-state index in [0.717, 1.165) is 18.7 Å². The zero-order valence-corrected chi connectivity index (χ0v) is 6.96. The van der Waals surface area contributed by atoms with E-state index in [1.807, 2.05) is 12.3 Å². The van der Waals surface area contributed by atoms with Gasteiger partial charge < -0.3 is 0 Å². The van der Waals surface area contributed by atoms with Crippen LogP contribution in [0.5, 0.6) is 0 Å². The van der Waals surface area contributed by atoms with Crippen LogP contribution in [0, 0.1) is 0 Å². The van der Waals surface area contributed by atoms with Crippen LogP contribution in [-0.2, 0) is 12.4 Å². The van der Waals surface area contributed by atoms with Crippen molar-refractivity contribution in [3.63, 3.8) is 0 Å². The van der Waals surface area contributed by atoms with Gasteiger partial charge in [-0.25, -0.2) is 0 Å². The Kier molecular flexibility index (Phi) is 3.11. The average Bonchev–Trinajstić information content (AvgIpc) is 2.48. The molecule has 0 aliphatic carbocycles. The molecule has 11 heavy (non-hydrogen) atoms. The van der Waals surface area contributed by atoms with E-state index >= 15 is 0 Å². The third kappa shape index (κ3) is 2.35. The maximum Gasteiger partial charge on any atom is 0.0974 e. The minimum atomic E-state index is 0.425. The van der Waals surface area contributed by atoms with Crippen molar-refractivity contribution in [3.05, 3.63) is 24.5 Å². The fourth-order valence-electron chi connectivity index (χ4n) is 0.733. The van der Waals surface area contributed by atoms with E-state index in [9.17, 15) is 0 Å². The van der Waals surface area contributed by atoms with Crippen LogP contribution in [0.15, 0.2) is 18.9 Å².